The molecule has 0 bridgehead atoms. The number of aromatic nitrogens is 2. The van der Waals surface area contributed by atoms with Crippen LogP contribution < -0.4 is 27.2 Å². The van der Waals surface area contributed by atoms with E-state index < -0.39 is 12.3 Å². The van der Waals surface area contributed by atoms with Gasteiger partial charge < -0.3 is 10.6 Å². The quantitative estimate of drug-likeness (QED) is 0.170. The summed E-state index contributed by atoms with van der Waals surface area (Å²) in [6.07, 6.45) is 1.31. The number of hydrogen-bond donors (Lipinski definition) is 4. The molecule has 1 fully saturated rings. The number of guanidine groups is 1. The largest absolute Gasteiger partial charge is 0.573 e. The van der Waals surface area contributed by atoms with E-state index in [1.54, 1.807) is 24.3 Å². The van der Waals surface area contributed by atoms with Crippen molar-refractivity contribution in [1.82, 2.24) is 20.5 Å². The smallest absolute Gasteiger partial charge is 0.406 e. The molecule has 3 aromatic rings. The summed E-state index contributed by atoms with van der Waals surface area (Å²) in [6.45, 7) is 0. The molecule has 1 aliphatic carbocycles. The molecule has 1 amide bonds. The molecule has 0 unspecified atom stereocenters. The molecule has 0 spiro atoms. The van der Waals surface area contributed by atoms with Gasteiger partial charge in [-0.1, -0.05) is 31.4 Å². The van der Waals surface area contributed by atoms with Crippen molar-refractivity contribution in [3.63, 3.8) is 0 Å². The number of amides is 1. The Labute approximate surface area is 211 Å². The van der Waals surface area contributed by atoms with Crippen LogP contribution in [0.4, 0.5) is 13.2 Å². The number of rotatable bonds is 6. The van der Waals surface area contributed by atoms with Crippen molar-refractivity contribution < 1.29 is 22.7 Å². The lowest BCUT2D eigenvalue weighted by Crippen LogP contribution is -2.45. The highest BCUT2D eigenvalue weighted by Crippen LogP contribution is 2.32. The summed E-state index contributed by atoms with van der Waals surface area (Å²) < 4.78 is 43.6. The van der Waals surface area contributed by atoms with Gasteiger partial charge in [0.2, 0.25) is 5.96 Å². The summed E-state index contributed by atoms with van der Waals surface area (Å²) >= 11 is 0. The third-order valence-corrected chi connectivity index (χ3v) is 6.22. The number of alkyl halides is 3. The van der Waals surface area contributed by atoms with Crippen molar-refractivity contribution in [3.8, 4) is 17.0 Å². The number of carbonyl (C=O) groups excluding carboxylic acids is 1. The molecule has 2 aromatic carbocycles. The molecule has 196 valence electrons. The fourth-order valence-corrected chi connectivity index (χ4v) is 4.44. The highest BCUT2D eigenvalue weighted by molar-refractivity contribution is 6.05. The average Bonchev–Trinajstić information content (AvgIpc) is 3.31. The molecule has 6 N–H and O–H groups in total. The topological polar surface area (TPSA) is 133 Å². The molecule has 0 radical (unpaired) electrons. The van der Waals surface area contributed by atoms with Crippen LogP contribution in [-0.4, -0.2) is 28.0 Å². The van der Waals surface area contributed by atoms with Crippen molar-refractivity contribution in [2.45, 2.75) is 50.9 Å². The van der Waals surface area contributed by atoms with Crippen LogP contribution in [0.2, 0.25) is 0 Å². The average molecular weight is 516 g/mol. The summed E-state index contributed by atoms with van der Waals surface area (Å²) in [5, 5.41) is 10.6. The minimum Gasteiger partial charge on any atom is -0.406 e. The molecule has 1 saturated carbocycles. The van der Waals surface area contributed by atoms with E-state index in [1.807, 2.05) is 22.9 Å². The Morgan fingerprint density at radius 3 is 2.35 bits per heavy atom. The first kappa shape index (κ1) is 26.0. The second kappa shape index (κ2) is 11.3. The number of nitrogens with one attached hydrogen (secondary N) is 2. The van der Waals surface area contributed by atoms with Gasteiger partial charge in [0, 0.05) is 23.2 Å². The van der Waals surface area contributed by atoms with Gasteiger partial charge in [-0.25, -0.2) is 5.84 Å². The van der Waals surface area contributed by atoms with Gasteiger partial charge in [-0.2, -0.15) is 5.10 Å². The van der Waals surface area contributed by atoms with Gasteiger partial charge in [0.25, 0.3) is 5.91 Å². The highest BCUT2D eigenvalue weighted by atomic mass is 19.4. The minimum absolute atomic E-state index is 0.0593. The molecule has 0 atom stereocenters. The fourth-order valence-electron chi connectivity index (χ4n) is 4.44. The van der Waals surface area contributed by atoms with E-state index in [4.69, 9.17) is 16.8 Å². The number of hydrogen-bond acceptors (Lipinski definition) is 6. The van der Waals surface area contributed by atoms with Crippen LogP contribution in [0.25, 0.3) is 11.3 Å². The predicted octanol–water partition coefficient (Wildman–Crippen LogP) is 3.97. The normalized spacial score (nSPS) is 14.9. The maximum absolute atomic E-state index is 12.5. The summed E-state index contributed by atoms with van der Waals surface area (Å²) in [5.74, 6) is 9.62. The van der Waals surface area contributed by atoms with Crippen LogP contribution in [0.5, 0.6) is 5.75 Å². The van der Waals surface area contributed by atoms with E-state index in [-0.39, 0.29) is 17.8 Å². The van der Waals surface area contributed by atoms with Crippen LogP contribution in [0.3, 0.4) is 0 Å². The van der Waals surface area contributed by atoms with Gasteiger partial charge in [-0.3, -0.25) is 20.2 Å². The Morgan fingerprint density at radius 1 is 1.08 bits per heavy atom. The lowest BCUT2D eigenvalue weighted by molar-refractivity contribution is -0.274. The zero-order chi connectivity index (χ0) is 26.4. The zero-order valence-corrected chi connectivity index (χ0v) is 20.0. The molecular weight excluding hydrogens is 487 g/mol. The molecule has 1 heterocycles. The first-order valence-corrected chi connectivity index (χ1v) is 11.8. The van der Waals surface area contributed by atoms with E-state index in [2.05, 4.69) is 20.6 Å². The Kier molecular flexibility index (Phi) is 7.97. The summed E-state index contributed by atoms with van der Waals surface area (Å²) in [6, 6.07) is 15.0. The predicted molar refractivity (Wildman–Crippen MR) is 132 cm³/mol. The molecule has 0 aliphatic heterocycles. The lowest BCUT2D eigenvalue weighted by Gasteiger charge is -2.24. The van der Waals surface area contributed by atoms with Crippen molar-refractivity contribution in [2.75, 3.05) is 0 Å². The number of benzene rings is 2. The van der Waals surface area contributed by atoms with Crippen LogP contribution in [0, 0.1) is 0 Å². The molecule has 9 nitrogen and oxygen atoms in total. The fraction of sp³-hybridized carbons (Fsp3) is 0.320. The number of nitrogens with zero attached hydrogens (tertiary/aromatic N) is 3. The SMILES string of the molecule is N/N=C(\NN)NC(=O)c1ccc(Cc2cc(-c3ccc(OC(F)(F)F)cc3)nn2C2CCCCC2)cc1. The van der Waals surface area contributed by atoms with Gasteiger partial charge in [0.05, 0.1) is 11.7 Å². The van der Waals surface area contributed by atoms with Crippen LogP contribution in [0.1, 0.15) is 59.8 Å². The third-order valence-electron chi connectivity index (χ3n) is 6.22. The highest BCUT2D eigenvalue weighted by Gasteiger charge is 2.31. The number of hydrazone groups is 1. The van der Waals surface area contributed by atoms with E-state index >= 15 is 0 Å². The Bertz CT molecular complexity index is 1230. The van der Waals surface area contributed by atoms with E-state index in [9.17, 15) is 18.0 Å². The van der Waals surface area contributed by atoms with Gasteiger partial charge in [0.1, 0.15) is 5.75 Å². The van der Waals surface area contributed by atoms with E-state index in [0.29, 0.717) is 23.2 Å². The van der Waals surface area contributed by atoms with Crippen molar-refractivity contribution in [2.24, 2.45) is 16.8 Å². The molecule has 1 aromatic heterocycles. The third kappa shape index (κ3) is 6.79. The first-order chi connectivity index (χ1) is 17.8. The Balaban J connectivity index is 1.56. The van der Waals surface area contributed by atoms with Gasteiger partial charge in [-0.15, -0.1) is 18.3 Å². The van der Waals surface area contributed by atoms with Crippen molar-refractivity contribution in [3.05, 3.63) is 71.4 Å². The summed E-state index contributed by atoms with van der Waals surface area (Å²) in [5.41, 5.74) is 5.93. The second-order valence-corrected chi connectivity index (χ2v) is 8.78. The summed E-state index contributed by atoms with van der Waals surface area (Å²) in [7, 11) is 0. The number of carbonyl (C=O) groups is 1. The second-order valence-electron chi connectivity index (χ2n) is 8.78. The molecule has 4 rings (SSSR count). The van der Waals surface area contributed by atoms with E-state index in [0.717, 1.165) is 36.9 Å². The van der Waals surface area contributed by atoms with Gasteiger partial charge in [-0.05, 0) is 60.9 Å². The maximum atomic E-state index is 12.5. The Hall–Kier alpha value is -4.06. The molecule has 12 heteroatoms. The molecule has 1 aliphatic rings. The lowest BCUT2D eigenvalue weighted by atomic mass is 9.95. The standard InChI is InChI=1S/C25H28F3N7O2/c26-25(27,28)37-21-12-10-17(11-13-21)22-15-20(35(34-22)19-4-2-1-3-5-19)14-16-6-8-18(9-7-16)23(36)31-24(32-29)33-30/h6-13,15,19H,1-5,14,29-30H2,(H2,31,32,33,36). The molecule has 37 heavy (non-hydrogen) atoms. The van der Waals surface area contributed by atoms with Gasteiger partial charge in [0.15, 0.2) is 0 Å². The molecular formula is C25H28F3N7O2. The monoisotopic (exact) mass is 515 g/mol. The number of halogens is 3. The van der Waals surface area contributed by atoms with Crippen molar-refractivity contribution >= 4 is 11.9 Å². The minimum atomic E-state index is -4.74. The van der Waals surface area contributed by atoms with Crippen molar-refractivity contribution in [1.29, 1.82) is 0 Å². The van der Waals surface area contributed by atoms with Crippen LogP contribution >= 0.6 is 0 Å². The van der Waals surface area contributed by atoms with Crippen LogP contribution in [-0.2, 0) is 6.42 Å². The number of nitrogens with two attached hydrogens (primary N) is 2. The van der Waals surface area contributed by atoms with Gasteiger partial charge >= 0.3 is 6.36 Å². The van der Waals surface area contributed by atoms with E-state index in [1.165, 1.54) is 18.6 Å². The summed E-state index contributed by atoms with van der Waals surface area (Å²) in [4.78, 5) is 12.3. The first-order valence-electron chi connectivity index (χ1n) is 11.8. The van der Waals surface area contributed by atoms with Crippen LogP contribution in [0.15, 0.2) is 59.7 Å². The zero-order valence-electron chi connectivity index (χ0n) is 20.0. The Morgan fingerprint density at radius 2 is 1.76 bits per heavy atom. The number of ether oxygens (including phenoxy) is 1. The molecule has 0 saturated heterocycles. The number of hydrazine groups is 1. The maximum Gasteiger partial charge on any atom is 0.573 e.